The van der Waals surface area contributed by atoms with Crippen molar-refractivity contribution in [3.63, 3.8) is 0 Å². The van der Waals surface area contributed by atoms with Gasteiger partial charge in [0.1, 0.15) is 0 Å². The number of benzene rings is 2. The molecule has 104 valence electrons. The largest absolute Gasteiger partial charge is 0.299 e. The van der Waals surface area contributed by atoms with Gasteiger partial charge in [-0.3, -0.25) is 5.32 Å². The molecule has 0 fully saturated rings. The Bertz CT molecular complexity index is 543. The molecule has 20 heavy (non-hydrogen) atoms. The summed E-state index contributed by atoms with van der Waals surface area (Å²) in [5.74, 6) is 2.63. The molecule has 1 atom stereocenters. The van der Waals surface area contributed by atoms with Crippen LogP contribution >= 0.6 is 24.0 Å². The zero-order valence-electron chi connectivity index (χ0n) is 11.1. The topological polar surface area (TPSA) is 12.0 Å². The van der Waals surface area contributed by atoms with Gasteiger partial charge < -0.3 is 0 Å². The molecule has 2 rings (SSSR count). The molecule has 0 spiro atoms. The van der Waals surface area contributed by atoms with Crippen LogP contribution in [-0.4, -0.2) is 6.54 Å². The Kier molecular flexibility index (Phi) is 7.18. The van der Waals surface area contributed by atoms with Crippen molar-refractivity contribution in [3.8, 4) is 12.3 Å². The summed E-state index contributed by atoms with van der Waals surface area (Å²) in [5.41, 5.74) is 2.48. The van der Waals surface area contributed by atoms with Gasteiger partial charge in [-0.25, -0.2) is 0 Å². The summed E-state index contributed by atoms with van der Waals surface area (Å²) in [4.78, 5) is 0. The average Bonchev–Trinajstić information content (AvgIpc) is 2.46. The molecule has 1 N–H and O–H groups in total. The molecule has 0 radical (unpaired) electrons. The molecule has 2 aromatic carbocycles. The van der Waals surface area contributed by atoms with Crippen molar-refractivity contribution in [2.24, 2.45) is 0 Å². The van der Waals surface area contributed by atoms with E-state index in [9.17, 15) is 0 Å². The number of nitrogens with one attached hydrogen (secondary N) is 1. The second-order valence-electron chi connectivity index (χ2n) is 4.38. The summed E-state index contributed by atoms with van der Waals surface area (Å²) in [7, 11) is 0. The van der Waals surface area contributed by atoms with E-state index in [0.29, 0.717) is 6.54 Å². The lowest BCUT2D eigenvalue weighted by molar-refractivity contribution is 0.569. The summed E-state index contributed by atoms with van der Waals surface area (Å²) in [6, 6.07) is 18.5. The van der Waals surface area contributed by atoms with Crippen LogP contribution in [0.1, 0.15) is 17.2 Å². The number of halogens is 2. The van der Waals surface area contributed by atoms with Crippen LogP contribution in [-0.2, 0) is 6.42 Å². The van der Waals surface area contributed by atoms with Crippen molar-refractivity contribution >= 4 is 24.0 Å². The highest BCUT2D eigenvalue weighted by molar-refractivity contribution is 6.30. The highest BCUT2D eigenvalue weighted by atomic mass is 35.5. The van der Waals surface area contributed by atoms with E-state index in [0.717, 1.165) is 11.4 Å². The van der Waals surface area contributed by atoms with Crippen molar-refractivity contribution in [2.45, 2.75) is 12.5 Å². The van der Waals surface area contributed by atoms with Gasteiger partial charge in [0, 0.05) is 11.1 Å². The van der Waals surface area contributed by atoms with Gasteiger partial charge in [-0.2, -0.15) is 0 Å². The SMILES string of the molecule is C#CCNC(Cc1ccc(Cl)cc1)c1ccccc1.Cl. The maximum Gasteiger partial charge on any atom is 0.0578 e. The fraction of sp³-hybridized carbons (Fsp3) is 0.176. The van der Waals surface area contributed by atoms with Crippen LogP contribution in [0.4, 0.5) is 0 Å². The van der Waals surface area contributed by atoms with E-state index in [1.165, 1.54) is 11.1 Å². The van der Waals surface area contributed by atoms with Gasteiger partial charge in [0.25, 0.3) is 0 Å². The Morgan fingerprint density at radius 2 is 1.70 bits per heavy atom. The highest BCUT2D eigenvalue weighted by Crippen LogP contribution is 2.19. The summed E-state index contributed by atoms with van der Waals surface area (Å²) >= 11 is 5.91. The second-order valence-corrected chi connectivity index (χ2v) is 4.82. The van der Waals surface area contributed by atoms with Gasteiger partial charge in [0.2, 0.25) is 0 Å². The van der Waals surface area contributed by atoms with Crippen LogP contribution in [0.2, 0.25) is 5.02 Å². The average molecular weight is 306 g/mol. The summed E-state index contributed by atoms with van der Waals surface area (Å²) < 4.78 is 0. The van der Waals surface area contributed by atoms with E-state index in [4.69, 9.17) is 18.0 Å². The fourth-order valence-corrected chi connectivity index (χ4v) is 2.16. The Balaban J connectivity index is 0.00000200. The summed E-state index contributed by atoms with van der Waals surface area (Å²) in [6.45, 7) is 0.563. The smallest absolute Gasteiger partial charge is 0.0578 e. The monoisotopic (exact) mass is 305 g/mol. The Labute approximate surface area is 131 Å². The Morgan fingerprint density at radius 3 is 2.30 bits per heavy atom. The lowest BCUT2D eigenvalue weighted by Crippen LogP contribution is -2.23. The fourth-order valence-electron chi connectivity index (χ4n) is 2.03. The van der Waals surface area contributed by atoms with E-state index in [1.54, 1.807) is 0 Å². The first-order chi connectivity index (χ1) is 9.29. The maximum absolute atomic E-state index is 5.91. The molecule has 0 aliphatic rings. The predicted molar refractivity (Wildman–Crippen MR) is 88.4 cm³/mol. The van der Waals surface area contributed by atoms with Gasteiger partial charge in [-0.15, -0.1) is 18.8 Å². The normalized spacial score (nSPS) is 11.2. The van der Waals surface area contributed by atoms with Crippen LogP contribution < -0.4 is 5.32 Å². The van der Waals surface area contributed by atoms with E-state index in [-0.39, 0.29) is 18.4 Å². The van der Waals surface area contributed by atoms with Crippen LogP contribution in [0.25, 0.3) is 0 Å². The zero-order chi connectivity index (χ0) is 13.5. The number of terminal acetylenes is 1. The third-order valence-electron chi connectivity index (χ3n) is 3.01. The minimum atomic E-state index is 0. The molecule has 0 saturated heterocycles. The molecule has 2 aromatic rings. The molecular weight excluding hydrogens is 289 g/mol. The highest BCUT2D eigenvalue weighted by Gasteiger charge is 2.10. The van der Waals surface area contributed by atoms with E-state index >= 15 is 0 Å². The van der Waals surface area contributed by atoms with Crippen molar-refractivity contribution in [3.05, 3.63) is 70.7 Å². The summed E-state index contributed by atoms with van der Waals surface area (Å²) in [5, 5.41) is 4.14. The minimum absolute atomic E-state index is 0. The quantitative estimate of drug-likeness (QED) is 0.814. The molecule has 0 aliphatic carbocycles. The Morgan fingerprint density at radius 1 is 1.05 bits per heavy atom. The first-order valence-corrected chi connectivity index (χ1v) is 6.63. The molecule has 1 nitrogen and oxygen atoms in total. The van der Waals surface area contributed by atoms with E-state index in [2.05, 4.69) is 35.5 Å². The standard InChI is InChI=1S/C17H16ClN.ClH/c1-2-12-19-17(15-6-4-3-5-7-15)13-14-8-10-16(18)11-9-14;/h1,3-11,17,19H,12-13H2;1H. The van der Waals surface area contributed by atoms with Gasteiger partial charge in [-0.1, -0.05) is 60.0 Å². The van der Waals surface area contributed by atoms with Crippen LogP contribution in [0, 0.1) is 12.3 Å². The van der Waals surface area contributed by atoms with Crippen molar-refractivity contribution < 1.29 is 0 Å². The van der Waals surface area contributed by atoms with E-state index in [1.807, 2.05) is 30.3 Å². The van der Waals surface area contributed by atoms with Crippen molar-refractivity contribution in [1.82, 2.24) is 5.32 Å². The number of rotatable bonds is 5. The molecule has 0 saturated carbocycles. The number of hydrogen-bond donors (Lipinski definition) is 1. The third kappa shape index (κ3) is 4.90. The zero-order valence-corrected chi connectivity index (χ0v) is 12.6. The van der Waals surface area contributed by atoms with Crippen molar-refractivity contribution in [2.75, 3.05) is 6.54 Å². The molecule has 0 aliphatic heterocycles. The molecule has 0 amide bonds. The summed E-state index contributed by atoms with van der Waals surface area (Å²) in [6.07, 6.45) is 6.23. The maximum atomic E-state index is 5.91. The molecule has 3 heteroatoms. The van der Waals surface area contributed by atoms with Crippen LogP contribution in [0.15, 0.2) is 54.6 Å². The van der Waals surface area contributed by atoms with E-state index < -0.39 is 0 Å². The molecule has 0 aromatic heterocycles. The first-order valence-electron chi connectivity index (χ1n) is 6.26. The number of hydrogen-bond acceptors (Lipinski definition) is 1. The second kappa shape index (κ2) is 8.66. The lowest BCUT2D eigenvalue weighted by atomic mass is 9.99. The van der Waals surface area contributed by atoms with Gasteiger partial charge in [0.05, 0.1) is 6.54 Å². The Hall–Kier alpha value is -1.46. The third-order valence-corrected chi connectivity index (χ3v) is 3.26. The van der Waals surface area contributed by atoms with Crippen molar-refractivity contribution in [1.29, 1.82) is 0 Å². The van der Waals surface area contributed by atoms with Crippen LogP contribution in [0.5, 0.6) is 0 Å². The van der Waals surface area contributed by atoms with Gasteiger partial charge in [-0.05, 0) is 29.7 Å². The first kappa shape index (κ1) is 16.6. The predicted octanol–water partition coefficient (Wildman–Crippen LogP) is 4.27. The molecule has 0 heterocycles. The van der Waals surface area contributed by atoms with Gasteiger partial charge >= 0.3 is 0 Å². The van der Waals surface area contributed by atoms with Gasteiger partial charge in [0.15, 0.2) is 0 Å². The molecular formula is C17H17Cl2N. The molecule has 1 unspecified atom stereocenters. The van der Waals surface area contributed by atoms with Crippen LogP contribution in [0.3, 0.4) is 0 Å². The molecule has 0 bridgehead atoms. The minimum Gasteiger partial charge on any atom is -0.299 e. The lowest BCUT2D eigenvalue weighted by Gasteiger charge is -2.18.